The van der Waals surface area contributed by atoms with E-state index < -0.39 is 0 Å². The van der Waals surface area contributed by atoms with Gasteiger partial charge in [0.25, 0.3) is 5.91 Å². The Hall–Kier alpha value is -4.27. The monoisotopic (exact) mass is 538 g/mol. The van der Waals surface area contributed by atoms with E-state index in [1.807, 2.05) is 34.1 Å². The number of nitrogens with zero attached hydrogens (tertiary/aromatic N) is 5. The number of carbonyl (C=O) groups is 2. The van der Waals surface area contributed by atoms with Crippen LogP contribution in [0, 0.1) is 11.7 Å². The number of primary amides is 1. The van der Waals surface area contributed by atoms with Crippen LogP contribution >= 0.6 is 0 Å². The number of hydrogen-bond acceptors (Lipinski definition) is 5. The van der Waals surface area contributed by atoms with Crippen molar-refractivity contribution in [1.82, 2.24) is 19.5 Å². The molecule has 0 bridgehead atoms. The van der Waals surface area contributed by atoms with Gasteiger partial charge in [-0.15, -0.1) is 0 Å². The van der Waals surface area contributed by atoms with Gasteiger partial charge in [-0.05, 0) is 61.6 Å². The molecule has 4 aromatic rings. The van der Waals surface area contributed by atoms with Gasteiger partial charge in [0.05, 0.1) is 11.7 Å². The van der Waals surface area contributed by atoms with E-state index in [0.29, 0.717) is 54.6 Å². The largest absolute Gasteiger partial charge is 0.371 e. The van der Waals surface area contributed by atoms with Crippen LogP contribution in [0.3, 0.4) is 0 Å². The molecule has 2 fully saturated rings. The molecule has 1 saturated carbocycles. The molecule has 0 spiro atoms. The summed E-state index contributed by atoms with van der Waals surface area (Å²) in [6.07, 6.45) is 3.23. The van der Waals surface area contributed by atoms with Crippen molar-refractivity contribution in [2.75, 3.05) is 24.5 Å². The van der Waals surface area contributed by atoms with Crippen LogP contribution in [0.25, 0.3) is 16.9 Å². The number of nitrogens with two attached hydrogens (primary N) is 1. The lowest BCUT2D eigenvalue weighted by atomic mass is 9.93. The zero-order valence-electron chi connectivity index (χ0n) is 22.4. The topological polar surface area (TPSA) is 96.8 Å². The lowest BCUT2D eigenvalue weighted by molar-refractivity contribution is -0.119. The molecule has 7 rings (SSSR count). The number of benzene rings is 2. The number of hydrogen-bond donors (Lipinski definition) is 1. The van der Waals surface area contributed by atoms with E-state index in [0.717, 1.165) is 30.6 Å². The molecule has 1 aliphatic carbocycles. The smallest absolute Gasteiger partial charge is 0.273 e. The molecule has 9 heteroatoms. The SMILES string of the molecule is C[C@@H]1c2ccccc2CCN1C(=O)c1cc(C2CC2)n2nc(-c3ccc(N4CC(CC(N)=O)C4)cc3F)cc2n1. The molecular formula is C31H31FN6O2. The Morgan fingerprint density at radius 2 is 1.88 bits per heavy atom. The van der Waals surface area contributed by atoms with Crippen LogP contribution < -0.4 is 10.6 Å². The number of halogens is 1. The molecule has 2 aliphatic heterocycles. The summed E-state index contributed by atoms with van der Waals surface area (Å²) in [5, 5.41) is 4.74. The molecule has 0 radical (unpaired) electrons. The van der Waals surface area contributed by atoms with Crippen LogP contribution in [0.15, 0.2) is 54.6 Å². The van der Waals surface area contributed by atoms with E-state index in [4.69, 9.17) is 15.8 Å². The Morgan fingerprint density at radius 1 is 1.07 bits per heavy atom. The van der Waals surface area contributed by atoms with Gasteiger partial charge in [-0.3, -0.25) is 9.59 Å². The molecule has 40 heavy (non-hydrogen) atoms. The first-order valence-corrected chi connectivity index (χ1v) is 14.0. The van der Waals surface area contributed by atoms with Crippen LogP contribution in [0.2, 0.25) is 0 Å². The van der Waals surface area contributed by atoms with E-state index in [1.54, 1.807) is 16.6 Å². The maximum Gasteiger partial charge on any atom is 0.273 e. The summed E-state index contributed by atoms with van der Waals surface area (Å²) in [5.41, 5.74) is 11.3. The lowest BCUT2D eigenvalue weighted by Crippen LogP contribution is -2.48. The van der Waals surface area contributed by atoms with Crippen molar-refractivity contribution in [1.29, 1.82) is 0 Å². The molecule has 204 valence electrons. The summed E-state index contributed by atoms with van der Waals surface area (Å²) in [5.74, 6) is -0.238. The highest BCUT2D eigenvalue weighted by Crippen LogP contribution is 2.41. The highest BCUT2D eigenvalue weighted by molar-refractivity contribution is 5.93. The first kappa shape index (κ1) is 24.7. The highest BCUT2D eigenvalue weighted by atomic mass is 19.1. The van der Waals surface area contributed by atoms with Gasteiger partial charge in [-0.1, -0.05) is 24.3 Å². The fraction of sp³-hybridized carbons (Fsp3) is 0.355. The zero-order valence-corrected chi connectivity index (χ0v) is 22.4. The van der Waals surface area contributed by atoms with Crippen molar-refractivity contribution in [3.63, 3.8) is 0 Å². The van der Waals surface area contributed by atoms with Crippen LogP contribution in [-0.4, -0.2) is 50.9 Å². The highest BCUT2D eigenvalue weighted by Gasteiger charge is 2.33. The third-order valence-electron chi connectivity index (χ3n) is 8.57. The second-order valence-electron chi connectivity index (χ2n) is 11.4. The molecule has 2 aromatic carbocycles. The van der Waals surface area contributed by atoms with E-state index >= 15 is 4.39 Å². The average Bonchev–Trinajstić information content (AvgIpc) is 3.68. The minimum atomic E-state index is -0.371. The maximum absolute atomic E-state index is 15.3. The molecule has 1 atom stereocenters. The number of carbonyl (C=O) groups excluding carboxylic acids is 2. The minimum Gasteiger partial charge on any atom is -0.371 e. The summed E-state index contributed by atoms with van der Waals surface area (Å²) >= 11 is 0. The van der Waals surface area contributed by atoms with Gasteiger partial charge in [0.2, 0.25) is 5.91 Å². The van der Waals surface area contributed by atoms with Gasteiger partial charge >= 0.3 is 0 Å². The molecule has 0 unspecified atom stereocenters. The van der Waals surface area contributed by atoms with Crippen molar-refractivity contribution < 1.29 is 14.0 Å². The standard InChI is InChI=1S/C31H31FN6O2/c1-18-23-5-3-2-4-20(23)10-11-37(18)31(40)27-14-28(21-6-7-21)38-30(34-27)15-26(35-38)24-9-8-22(13-25(24)32)36-16-19(17-36)12-29(33)39/h2-5,8-9,13-15,18-19,21H,6-7,10-12,16-17H2,1H3,(H2,33,39)/t18-/m1/s1. The van der Waals surface area contributed by atoms with Crippen LogP contribution in [-0.2, 0) is 11.2 Å². The van der Waals surface area contributed by atoms with Gasteiger partial charge < -0.3 is 15.5 Å². The summed E-state index contributed by atoms with van der Waals surface area (Å²) in [6.45, 7) is 4.08. The fourth-order valence-corrected chi connectivity index (χ4v) is 6.21. The van der Waals surface area contributed by atoms with E-state index in [9.17, 15) is 9.59 Å². The second kappa shape index (κ2) is 9.43. The molecule has 3 aliphatic rings. The summed E-state index contributed by atoms with van der Waals surface area (Å²) in [4.78, 5) is 33.6. The fourth-order valence-electron chi connectivity index (χ4n) is 6.21. The van der Waals surface area contributed by atoms with Crippen molar-refractivity contribution in [2.24, 2.45) is 11.7 Å². The molecule has 2 aromatic heterocycles. The predicted octanol–water partition coefficient (Wildman–Crippen LogP) is 4.48. The normalized spacial score (nSPS) is 19.0. The minimum absolute atomic E-state index is 0.0367. The average molecular weight is 539 g/mol. The second-order valence-corrected chi connectivity index (χ2v) is 11.4. The molecule has 1 saturated heterocycles. The Morgan fingerprint density at radius 3 is 2.62 bits per heavy atom. The van der Waals surface area contributed by atoms with E-state index in [1.165, 1.54) is 17.2 Å². The molecule has 4 heterocycles. The Labute approximate surface area is 231 Å². The van der Waals surface area contributed by atoms with Gasteiger partial charge in [0.1, 0.15) is 11.5 Å². The van der Waals surface area contributed by atoms with Gasteiger partial charge in [-0.25, -0.2) is 13.9 Å². The zero-order chi connectivity index (χ0) is 27.5. The van der Waals surface area contributed by atoms with Gasteiger partial charge in [-0.2, -0.15) is 5.10 Å². The van der Waals surface area contributed by atoms with Crippen molar-refractivity contribution >= 4 is 23.1 Å². The molecular weight excluding hydrogens is 507 g/mol. The third-order valence-corrected chi connectivity index (χ3v) is 8.57. The van der Waals surface area contributed by atoms with Crippen molar-refractivity contribution in [2.45, 2.75) is 44.6 Å². The van der Waals surface area contributed by atoms with E-state index in [2.05, 4.69) is 19.1 Å². The van der Waals surface area contributed by atoms with Crippen LogP contribution in [0.5, 0.6) is 0 Å². The summed E-state index contributed by atoms with van der Waals surface area (Å²) in [7, 11) is 0. The van der Waals surface area contributed by atoms with Crippen LogP contribution in [0.4, 0.5) is 10.1 Å². The van der Waals surface area contributed by atoms with E-state index in [-0.39, 0.29) is 29.6 Å². The quantitative estimate of drug-likeness (QED) is 0.390. The first-order valence-electron chi connectivity index (χ1n) is 14.0. The maximum atomic E-state index is 15.3. The number of amides is 2. The Balaban J connectivity index is 1.18. The van der Waals surface area contributed by atoms with Crippen LogP contribution in [0.1, 0.15) is 65.5 Å². The predicted molar refractivity (Wildman–Crippen MR) is 149 cm³/mol. The summed E-state index contributed by atoms with van der Waals surface area (Å²) < 4.78 is 17.1. The number of fused-ring (bicyclic) bond motifs is 2. The molecule has 8 nitrogen and oxygen atoms in total. The number of aromatic nitrogens is 3. The van der Waals surface area contributed by atoms with Crippen molar-refractivity contribution in [3.05, 3.63) is 82.9 Å². The van der Waals surface area contributed by atoms with Gasteiger partial charge in [0.15, 0.2) is 5.65 Å². The Bertz CT molecular complexity index is 1660. The molecule has 2 amide bonds. The number of rotatable bonds is 6. The summed E-state index contributed by atoms with van der Waals surface area (Å²) in [6, 6.07) is 17.0. The van der Waals surface area contributed by atoms with Gasteiger partial charge in [0, 0.05) is 60.9 Å². The number of anilines is 1. The first-order chi connectivity index (χ1) is 19.4. The molecule has 2 N–H and O–H groups in total. The Kier molecular flexibility index (Phi) is 5.83. The third kappa shape index (κ3) is 4.29. The van der Waals surface area contributed by atoms with Crippen molar-refractivity contribution in [3.8, 4) is 11.3 Å². The lowest BCUT2D eigenvalue weighted by Gasteiger charge is -2.40.